The summed E-state index contributed by atoms with van der Waals surface area (Å²) in [5.74, 6) is 0.120. The molecule has 4 heteroatoms. The van der Waals surface area contributed by atoms with Crippen LogP contribution in [0.2, 0.25) is 0 Å². The zero-order chi connectivity index (χ0) is 19.1. The second-order valence-electron chi connectivity index (χ2n) is 7.12. The fraction of sp³-hybridized carbons (Fsp3) is 0.364. The molecule has 0 aliphatic heterocycles. The Kier molecular flexibility index (Phi) is 6.96. The Balaban J connectivity index is 1.98. The molecule has 26 heavy (non-hydrogen) atoms. The smallest absolute Gasteiger partial charge is 0.253 e. The van der Waals surface area contributed by atoms with Crippen LogP contribution in [0.1, 0.15) is 47.3 Å². The molecule has 0 unspecified atom stereocenters. The maximum Gasteiger partial charge on any atom is 0.253 e. The van der Waals surface area contributed by atoms with Crippen molar-refractivity contribution in [3.63, 3.8) is 0 Å². The van der Waals surface area contributed by atoms with Crippen LogP contribution in [0.4, 0.5) is 5.69 Å². The molecule has 0 radical (unpaired) electrons. The first-order valence-electron chi connectivity index (χ1n) is 9.10. The monoisotopic (exact) mass is 352 g/mol. The molecule has 0 aliphatic rings. The Morgan fingerprint density at radius 3 is 2.42 bits per heavy atom. The summed E-state index contributed by atoms with van der Waals surface area (Å²) in [6.07, 6.45) is 1.05. The van der Waals surface area contributed by atoms with Crippen LogP contribution in [0.5, 0.6) is 0 Å². The van der Waals surface area contributed by atoms with Gasteiger partial charge in [0.2, 0.25) is 5.91 Å². The van der Waals surface area contributed by atoms with Gasteiger partial charge in [0.25, 0.3) is 5.91 Å². The first kappa shape index (κ1) is 19.7. The van der Waals surface area contributed by atoms with E-state index in [0.717, 1.165) is 5.56 Å². The number of carbonyl (C=O) groups excluding carboxylic acids is 2. The van der Waals surface area contributed by atoms with Gasteiger partial charge in [-0.15, -0.1) is 0 Å². The van der Waals surface area contributed by atoms with Crippen molar-refractivity contribution in [3.05, 3.63) is 64.7 Å². The van der Waals surface area contributed by atoms with E-state index in [1.165, 1.54) is 11.1 Å². The third kappa shape index (κ3) is 5.73. The minimum absolute atomic E-state index is 0.0904. The fourth-order valence-corrected chi connectivity index (χ4v) is 2.61. The number of hydrogen-bond donors (Lipinski definition) is 2. The molecule has 0 aliphatic carbocycles. The Hall–Kier alpha value is -2.62. The largest absolute Gasteiger partial charge is 0.352 e. The Labute approximate surface area is 156 Å². The van der Waals surface area contributed by atoms with Gasteiger partial charge in [-0.05, 0) is 55.0 Å². The van der Waals surface area contributed by atoms with E-state index in [9.17, 15) is 9.59 Å². The van der Waals surface area contributed by atoms with Gasteiger partial charge < -0.3 is 10.6 Å². The van der Waals surface area contributed by atoms with Crippen LogP contribution in [0.3, 0.4) is 0 Å². The molecule has 2 N–H and O–H groups in total. The van der Waals surface area contributed by atoms with Crippen molar-refractivity contribution < 1.29 is 9.59 Å². The number of aryl methyl sites for hydroxylation is 3. The number of carbonyl (C=O) groups is 2. The maximum absolute atomic E-state index is 12.3. The fourth-order valence-electron chi connectivity index (χ4n) is 2.61. The molecule has 138 valence electrons. The van der Waals surface area contributed by atoms with E-state index >= 15 is 0 Å². The van der Waals surface area contributed by atoms with Crippen LogP contribution < -0.4 is 10.6 Å². The average Bonchev–Trinajstić information content (AvgIpc) is 2.61. The number of amides is 2. The minimum atomic E-state index is -0.163. The first-order valence-corrected chi connectivity index (χ1v) is 9.10. The Morgan fingerprint density at radius 1 is 1.00 bits per heavy atom. The van der Waals surface area contributed by atoms with E-state index < -0.39 is 0 Å². The molecule has 0 saturated heterocycles. The van der Waals surface area contributed by atoms with Gasteiger partial charge in [0.15, 0.2) is 0 Å². The number of para-hydroxylation sites is 1. The van der Waals surface area contributed by atoms with Crippen molar-refractivity contribution in [1.82, 2.24) is 5.32 Å². The summed E-state index contributed by atoms with van der Waals surface area (Å²) < 4.78 is 0. The summed E-state index contributed by atoms with van der Waals surface area (Å²) in [5.41, 5.74) is 4.67. The molecule has 0 fully saturated rings. The number of nitrogens with one attached hydrogen (secondary N) is 2. The van der Waals surface area contributed by atoms with E-state index in [1.807, 2.05) is 19.9 Å². The quantitative estimate of drug-likeness (QED) is 0.782. The van der Waals surface area contributed by atoms with Gasteiger partial charge in [0.05, 0.1) is 11.3 Å². The highest BCUT2D eigenvalue weighted by Gasteiger charge is 2.13. The van der Waals surface area contributed by atoms with Crippen molar-refractivity contribution in [2.45, 2.75) is 40.5 Å². The summed E-state index contributed by atoms with van der Waals surface area (Å²) in [6.45, 7) is 8.84. The molecule has 2 amide bonds. The van der Waals surface area contributed by atoms with E-state index in [0.29, 0.717) is 36.6 Å². The predicted molar refractivity (Wildman–Crippen MR) is 106 cm³/mol. The summed E-state index contributed by atoms with van der Waals surface area (Å²) in [7, 11) is 0. The van der Waals surface area contributed by atoms with E-state index in [2.05, 4.69) is 42.7 Å². The second-order valence-corrected chi connectivity index (χ2v) is 7.12. The highest BCUT2D eigenvalue weighted by atomic mass is 16.2. The third-order valence-electron chi connectivity index (χ3n) is 4.33. The number of hydrogen-bond acceptors (Lipinski definition) is 2. The van der Waals surface area contributed by atoms with Crippen LogP contribution in [0.25, 0.3) is 0 Å². The molecule has 0 heterocycles. The van der Waals surface area contributed by atoms with Crippen molar-refractivity contribution in [3.8, 4) is 0 Å². The zero-order valence-corrected chi connectivity index (χ0v) is 16.1. The second kappa shape index (κ2) is 9.18. The van der Waals surface area contributed by atoms with E-state index in [1.54, 1.807) is 18.2 Å². The lowest BCUT2D eigenvalue weighted by molar-refractivity contribution is -0.116. The molecule has 0 atom stereocenters. The third-order valence-corrected chi connectivity index (χ3v) is 4.33. The lowest BCUT2D eigenvalue weighted by Crippen LogP contribution is -2.28. The van der Waals surface area contributed by atoms with Crippen molar-refractivity contribution in [2.24, 2.45) is 5.92 Å². The average molecular weight is 352 g/mol. The van der Waals surface area contributed by atoms with Gasteiger partial charge in [-0.1, -0.05) is 44.2 Å². The van der Waals surface area contributed by atoms with Gasteiger partial charge >= 0.3 is 0 Å². The van der Waals surface area contributed by atoms with Crippen LogP contribution >= 0.6 is 0 Å². The van der Waals surface area contributed by atoms with Gasteiger partial charge in [-0.3, -0.25) is 9.59 Å². The van der Waals surface area contributed by atoms with Gasteiger partial charge in [-0.2, -0.15) is 0 Å². The molecule has 0 aromatic heterocycles. The Bertz CT molecular complexity index is 781. The summed E-state index contributed by atoms with van der Waals surface area (Å²) >= 11 is 0. The van der Waals surface area contributed by atoms with Crippen LogP contribution in [0.15, 0.2) is 42.5 Å². The molecule has 2 aromatic carbocycles. The minimum Gasteiger partial charge on any atom is -0.352 e. The lowest BCUT2D eigenvalue weighted by atomic mass is 10.0. The SMILES string of the molecule is Cc1ccc(CCC(=O)Nc2ccccc2C(=O)NCC(C)C)cc1C. The number of anilines is 1. The summed E-state index contributed by atoms with van der Waals surface area (Å²) in [6, 6.07) is 13.4. The maximum atomic E-state index is 12.3. The number of benzene rings is 2. The highest BCUT2D eigenvalue weighted by Crippen LogP contribution is 2.16. The van der Waals surface area contributed by atoms with E-state index in [4.69, 9.17) is 0 Å². The van der Waals surface area contributed by atoms with E-state index in [-0.39, 0.29) is 11.8 Å². The van der Waals surface area contributed by atoms with Crippen LogP contribution in [-0.4, -0.2) is 18.4 Å². The first-order chi connectivity index (χ1) is 12.4. The highest BCUT2D eigenvalue weighted by molar-refractivity contribution is 6.03. The summed E-state index contributed by atoms with van der Waals surface area (Å²) in [5, 5.41) is 5.77. The van der Waals surface area contributed by atoms with Crippen molar-refractivity contribution >= 4 is 17.5 Å². The van der Waals surface area contributed by atoms with Crippen molar-refractivity contribution in [2.75, 3.05) is 11.9 Å². The zero-order valence-electron chi connectivity index (χ0n) is 16.1. The number of rotatable bonds is 7. The molecule has 2 rings (SSSR count). The molecule has 0 saturated carbocycles. The standard InChI is InChI=1S/C22H28N2O2/c1-15(2)14-23-22(26)19-7-5-6-8-20(19)24-21(25)12-11-18-10-9-16(3)17(4)13-18/h5-10,13,15H,11-12,14H2,1-4H3,(H,23,26)(H,24,25). The summed E-state index contributed by atoms with van der Waals surface area (Å²) in [4.78, 5) is 24.7. The normalized spacial score (nSPS) is 10.7. The van der Waals surface area contributed by atoms with Gasteiger partial charge in [0.1, 0.15) is 0 Å². The van der Waals surface area contributed by atoms with Crippen molar-refractivity contribution in [1.29, 1.82) is 0 Å². The topological polar surface area (TPSA) is 58.2 Å². The molecular weight excluding hydrogens is 324 g/mol. The predicted octanol–water partition coefficient (Wildman–Crippen LogP) is 4.26. The van der Waals surface area contributed by atoms with Gasteiger partial charge in [0, 0.05) is 13.0 Å². The Morgan fingerprint density at radius 2 is 1.73 bits per heavy atom. The molecule has 2 aromatic rings. The van der Waals surface area contributed by atoms with Gasteiger partial charge in [-0.25, -0.2) is 0 Å². The van der Waals surface area contributed by atoms with Crippen LogP contribution in [-0.2, 0) is 11.2 Å². The molecular formula is C22H28N2O2. The molecule has 0 bridgehead atoms. The van der Waals surface area contributed by atoms with Crippen LogP contribution in [0, 0.1) is 19.8 Å². The molecule has 0 spiro atoms. The molecule has 4 nitrogen and oxygen atoms in total. The lowest BCUT2D eigenvalue weighted by Gasteiger charge is -2.12.